The van der Waals surface area contributed by atoms with Gasteiger partial charge in [0, 0.05) is 29.7 Å². The van der Waals surface area contributed by atoms with Crippen molar-refractivity contribution in [1.29, 1.82) is 0 Å². The molecule has 0 aliphatic heterocycles. The predicted molar refractivity (Wildman–Crippen MR) is 165 cm³/mol. The zero-order valence-corrected chi connectivity index (χ0v) is 24.4. The minimum absolute atomic E-state index is 0.300. The van der Waals surface area contributed by atoms with E-state index in [1.807, 2.05) is 35.0 Å². The largest absolute Gasteiger partial charge is 0.463 e. The highest BCUT2D eigenvalue weighted by molar-refractivity contribution is 5.98. The van der Waals surface area contributed by atoms with Gasteiger partial charge in [0.25, 0.3) is 0 Å². The van der Waals surface area contributed by atoms with Crippen LogP contribution in [0.5, 0.6) is 0 Å². The average molecular weight is 583 g/mol. The molecular formula is C34H38N4O5. The summed E-state index contributed by atoms with van der Waals surface area (Å²) in [5.41, 5.74) is 5.43. The maximum Gasteiger partial charge on any atom is 0.330 e. The standard InChI is InChI=1S/C34H38N4O5/c1-2-43-31(40)20-15-23-13-17-26(18-14-23)35-34(42)30(22-39)36-33(41)25-16-19-28-29(21-25)37-38(27-11-7-4-8-12-27)32(28)24-9-5-3-6-10-24/h4,7-8,11-20,24-25,30,39H,2-3,5-6,9-10,21-22H2,1H3,(H,35,42)(H,36,41)/b20-15+/t25?,30-/m0/s1. The van der Waals surface area contributed by atoms with Gasteiger partial charge in [-0.25, -0.2) is 9.48 Å². The number of ether oxygens (including phenoxy) is 1. The minimum atomic E-state index is -1.12. The Hall–Kier alpha value is -4.50. The molecule has 9 nitrogen and oxygen atoms in total. The van der Waals surface area contributed by atoms with Crippen molar-refractivity contribution in [3.05, 3.63) is 89.3 Å². The summed E-state index contributed by atoms with van der Waals surface area (Å²) >= 11 is 0. The van der Waals surface area contributed by atoms with E-state index in [1.54, 1.807) is 37.3 Å². The number of nitrogens with zero attached hydrogens (tertiary/aromatic N) is 2. The number of carbonyl (C=O) groups excluding carboxylic acids is 3. The van der Waals surface area contributed by atoms with Gasteiger partial charge in [-0.1, -0.05) is 61.7 Å². The molecule has 0 saturated heterocycles. The van der Waals surface area contributed by atoms with Crippen molar-refractivity contribution in [3.63, 3.8) is 0 Å². The van der Waals surface area contributed by atoms with Crippen LogP contribution < -0.4 is 10.6 Å². The molecule has 3 N–H and O–H groups in total. The van der Waals surface area contributed by atoms with Gasteiger partial charge in [0.1, 0.15) is 6.04 Å². The first-order valence-corrected chi connectivity index (χ1v) is 15.0. The number of nitrogens with one attached hydrogen (secondary N) is 2. The number of hydrogen-bond acceptors (Lipinski definition) is 6. The number of benzene rings is 2. The number of carbonyl (C=O) groups is 3. The second-order valence-electron chi connectivity index (χ2n) is 10.9. The molecule has 0 bridgehead atoms. The lowest BCUT2D eigenvalue weighted by Gasteiger charge is -2.24. The molecule has 9 heteroatoms. The van der Waals surface area contributed by atoms with E-state index >= 15 is 0 Å². The lowest BCUT2D eigenvalue weighted by Crippen LogP contribution is -2.48. The maximum atomic E-state index is 13.3. The minimum Gasteiger partial charge on any atom is -0.463 e. The number of esters is 1. The van der Waals surface area contributed by atoms with Gasteiger partial charge in [0.05, 0.1) is 36.2 Å². The monoisotopic (exact) mass is 582 g/mol. The van der Waals surface area contributed by atoms with Crippen LogP contribution in [0.1, 0.15) is 67.5 Å². The molecule has 2 amide bonds. The van der Waals surface area contributed by atoms with Crippen molar-refractivity contribution < 1.29 is 24.2 Å². The highest BCUT2D eigenvalue weighted by Crippen LogP contribution is 2.39. The van der Waals surface area contributed by atoms with Crippen LogP contribution in [0, 0.1) is 5.92 Å². The number of hydrogen-bond donors (Lipinski definition) is 3. The van der Waals surface area contributed by atoms with Gasteiger partial charge in [-0.05, 0) is 55.7 Å². The smallest absolute Gasteiger partial charge is 0.330 e. The van der Waals surface area contributed by atoms with E-state index in [-0.39, 0.29) is 5.91 Å². The van der Waals surface area contributed by atoms with Crippen LogP contribution in [0.3, 0.4) is 0 Å². The number of anilines is 1. The number of aromatic nitrogens is 2. The third-order valence-corrected chi connectivity index (χ3v) is 7.97. The van der Waals surface area contributed by atoms with E-state index in [9.17, 15) is 19.5 Å². The number of fused-ring (bicyclic) bond motifs is 1. The predicted octanol–water partition coefficient (Wildman–Crippen LogP) is 4.80. The van der Waals surface area contributed by atoms with Crippen molar-refractivity contribution in [2.24, 2.45) is 5.92 Å². The van der Waals surface area contributed by atoms with Crippen molar-refractivity contribution in [2.45, 2.75) is 57.4 Å². The highest BCUT2D eigenvalue weighted by atomic mass is 16.5. The molecule has 2 atom stereocenters. The molecule has 1 fully saturated rings. The van der Waals surface area contributed by atoms with Crippen molar-refractivity contribution in [2.75, 3.05) is 18.5 Å². The summed E-state index contributed by atoms with van der Waals surface area (Å²) in [6.45, 7) is 1.49. The fourth-order valence-electron chi connectivity index (χ4n) is 5.76. The van der Waals surface area contributed by atoms with E-state index < -0.39 is 30.4 Å². The number of aliphatic hydroxyl groups is 1. The summed E-state index contributed by atoms with van der Waals surface area (Å²) in [7, 11) is 0. The van der Waals surface area contributed by atoms with Gasteiger partial charge in [-0.15, -0.1) is 0 Å². The van der Waals surface area contributed by atoms with E-state index in [1.165, 1.54) is 31.0 Å². The van der Waals surface area contributed by atoms with Crippen molar-refractivity contribution >= 4 is 35.6 Å². The van der Waals surface area contributed by atoms with Crippen molar-refractivity contribution in [1.82, 2.24) is 15.1 Å². The van der Waals surface area contributed by atoms with Crippen LogP contribution in [0.2, 0.25) is 0 Å². The van der Waals surface area contributed by atoms with Crippen LogP contribution in [-0.4, -0.2) is 51.9 Å². The molecule has 224 valence electrons. The van der Waals surface area contributed by atoms with Gasteiger partial charge in [0.2, 0.25) is 11.8 Å². The first-order chi connectivity index (χ1) is 21.0. The van der Waals surface area contributed by atoms with Crippen molar-refractivity contribution in [3.8, 4) is 5.69 Å². The zero-order chi connectivity index (χ0) is 30.2. The van der Waals surface area contributed by atoms with Gasteiger partial charge in [-0.3, -0.25) is 9.59 Å². The second-order valence-corrected chi connectivity index (χ2v) is 10.9. The Balaban J connectivity index is 1.24. The zero-order valence-electron chi connectivity index (χ0n) is 24.4. The number of aliphatic hydroxyl groups excluding tert-OH is 1. The molecule has 43 heavy (non-hydrogen) atoms. The van der Waals surface area contributed by atoms with Crippen LogP contribution in [-0.2, 0) is 25.5 Å². The van der Waals surface area contributed by atoms with Gasteiger partial charge >= 0.3 is 5.97 Å². The third kappa shape index (κ3) is 7.29. The van der Waals surface area contributed by atoms with Gasteiger partial charge in [0.15, 0.2) is 0 Å². The Bertz CT molecular complexity index is 1490. The molecule has 2 aliphatic carbocycles. The molecule has 0 spiro atoms. The normalized spacial score (nSPS) is 17.3. The molecule has 3 aromatic rings. The summed E-state index contributed by atoms with van der Waals surface area (Å²) < 4.78 is 6.92. The Morgan fingerprint density at radius 1 is 1.07 bits per heavy atom. The van der Waals surface area contributed by atoms with E-state index in [4.69, 9.17) is 9.84 Å². The van der Waals surface area contributed by atoms with E-state index in [2.05, 4.69) is 22.8 Å². The summed E-state index contributed by atoms with van der Waals surface area (Å²) in [4.78, 5) is 37.7. The fourth-order valence-corrected chi connectivity index (χ4v) is 5.76. The van der Waals surface area contributed by atoms with Gasteiger partial charge < -0.3 is 20.5 Å². The Morgan fingerprint density at radius 3 is 2.51 bits per heavy atom. The molecule has 2 aromatic carbocycles. The van der Waals surface area contributed by atoms with E-state index in [0.717, 1.165) is 35.3 Å². The second kappa shape index (κ2) is 14.1. The number of amides is 2. The van der Waals surface area contributed by atoms with Crippen LogP contribution in [0.25, 0.3) is 17.8 Å². The molecule has 2 aliphatic rings. The van der Waals surface area contributed by atoms with Crippen LogP contribution >= 0.6 is 0 Å². The quantitative estimate of drug-likeness (QED) is 0.233. The fraction of sp³-hybridized carbons (Fsp3) is 0.353. The number of para-hydroxylation sites is 1. The lowest BCUT2D eigenvalue weighted by molar-refractivity contribution is -0.137. The van der Waals surface area contributed by atoms with E-state index in [0.29, 0.717) is 24.6 Å². The average Bonchev–Trinajstić information content (AvgIpc) is 3.43. The van der Waals surface area contributed by atoms with Gasteiger partial charge in [-0.2, -0.15) is 5.10 Å². The molecule has 5 rings (SSSR count). The Kier molecular flexibility index (Phi) is 9.84. The molecule has 1 saturated carbocycles. The summed E-state index contributed by atoms with van der Waals surface area (Å²) in [6.07, 6.45) is 13.2. The highest BCUT2D eigenvalue weighted by Gasteiger charge is 2.32. The topological polar surface area (TPSA) is 123 Å². The Morgan fingerprint density at radius 2 is 1.81 bits per heavy atom. The third-order valence-electron chi connectivity index (χ3n) is 7.97. The SMILES string of the molecule is CCOC(=O)/C=C/c1ccc(NC(=O)[C@H](CO)NC(=O)C2C=Cc3c(nn(-c4ccccc4)c3C3CCCCC3)C2)cc1. The summed E-state index contributed by atoms with van der Waals surface area (Å²) in [6, 6.07) is 15.8. The number of rotatable bonds is 10. The summed E-state index contributed by atoms with van der Waals surface area (Å²) in [5.74, 6) is -1.40. The summed E-state index contributed by atoms with van der Waals surface area (Å²) in [5, 5.41) is 20.4. The molecule has 1 aromatic heterocycles. The molecular weight excluding hydrogens is 544 g/mol. The first kappa shape index (κ1) is 30.0. The lowest BCUT2D eigenvalue weighted by atomic mass is 9.83. The van der Waals surface area contributed by atoms with Crippen LogP contribution in [0.15, 0.2) is 66.7 Å². The molecule has 1 unspecified atom stereocenters. The maximum absolute atomic E-state index is 13.3. The molecule has 0 radical (unpaired) electrons. The Labute approximate surface area is 251 Å². The molecule has 1 heterocycles. The first-order valence-electron chi connectivity index (χ1n) is 15.0. The van der Waals surface area contributed by atoms with Crippen LogP contribution in [0.4, 0.5) is 5.69 Å².